The average molecular weight is 669 g/mol. The Hall–Kier alpha value is -3.33. The van der Waals surface area contributed by atoms with Crippen LogP contribution in [0.3, 0.4) is 0 Å². The van der Waals surface area contributed by atoms with E-state index in [0.29, 0.717) is 34.9 Å². The van der Waals surface area contributed by atoms with Crippen molar-refractivity contribution in [3.63, 3.8) is 0 Å². The fraction of sp³-hybridized carbons (Fsp3) is 0.472. The molecule has 7 rings (SSSR count). The largest absolute Gasteiger partial charge is 0.507 e. The number of aryl methyl sites for hydroxylation is 1. The third-order valence-corrected chi connectivity index (χ3v) is 10.3. The van der Waals surface area contributed by atoms with E-state index < -0.39 is 17.8 Å². The van der Waals surface area contributed by atoms with Gasteiger partial charge in [0.25, 0.3) is 5.91 Å². The van der Waals surface area contributed by atoms with E-state index in [1.165, 1.54) is 6.42 Å². The Balaban J connectivity index is 0.00000417. The number of rotatable bonds is 11. The molecular formula is C36H43Cl2N3O5. The summed E-state index contributed by atoms with van der Waals surface area (Å²) in [6.45, 7) is 3.52. The Morgan fingerprint density at radius 3 is 2.35 bits per heavy atom. The summed E-state index contributed by atoms with van der Waals surface area (Å²) in [5.74, 6) is 1.19. The number of carboxylic acid groups (broad SMARTS) is 1. The van der Waals surface area contributed by atoms with Gasteiger partial charge >= 0.3 is 6.16 Å². The molecule has 246 valence electrons. The predicted molar refractivity (Wildman–Crippen MR) is 182 cm³/mol. The van der Waals surface area contributed by atoms with Crippen LogP contribution < -0.4 is 10.1 Å². The van der Waals surface area contributed by atoms with Crippen LogP contribution >= 0.6 is 24.0 Å². The number of pyridine rings is 1. The molecule has 4 bridgehead atoms. The summed E-state index contributed by atoms with van der Waals surface area (Å²) in [7, 11) is 4.05. The number of hydrogen-bond donors (Lipinski definition) is 2. The molecule has 0 unspecified atom stereocenters. The summed E-state index contributed by atoms with van der Waals surface area (Å²) in [5, 5.41) is 13.4. The summed E-state index contributed by atoms with van der Waals surface area (Å²) in [6.07, 6.45) is 4.99. The molecule has 8 nitrogen and oxygen atoms in total. The van der Waals surface area contributed by atoms with Crippen molar-refractivity contribution in [2.24, 2.45) is 23.7 Å². The second-order valence-corrected chi connectivity index (χ2v) is 13.6. The first-order valence-electron chi connectivity index (χ1n) is 16.1. The third-order valence-electron chi connectivity index (χ3n) is 9.94. The number of carbonyl (C=O) groups excluding carboxylic acids is 1. The summed E-state index contributed by atoms with van der Waals surface area (Å²) in [4.78, 5) is 33.1. The van der Waals surface area contributed by atoms with E-state index in [9.17, 15) is 14.7 Å². The van der Waals surface area contributed by atoms with E-state index in [1.54, 1.807) is 12.1 Å². The molecule has 2 N–H and O–H groups in total. The number of carbonyl (C=O) groups is 2. The zero-order valence-electron chi connectivity index (χ0n) is 26.6. The third kappa shape index (κ3) is 6.85. The lowest BCUT2D eigenvalue weighted by Crippen LogP contribution is -2.68. The smallest absolute Gasteiger partial charge is 0.492 e. The van der Waals surface area contributed by atoms with Gasteiger partial charge in [-0.1, -0.05) is 48.9 Å². The second kappa shape index (κ2) is 14.2. The molecule has 0 aliphatic heterocycles. The quantitative estimate of drug-likeness (QED) is 0.122. The van der Waals surface area contributed by atoms with Crippen LogP contribution in [0.1, 0.15) is 61.5 Å². The zero-order valence-corrected chi connectivity index (χ0v) is 28.2. The molecule has 4 saturated carbocycles. The SMILES string of the molecule is CCc1ccccc1-c1ccc(C(=O)NC2(OC(=O)O)C3CC4CC(C3)CC2C4)nc1-c1ccc(Cl)c(OCCCN(C)C)c1.Cl. The standard InChI is InChI=1S/C36H42ClN3O5.ClH/c1-4-24-8-5-6-9-28(24)29-11-13-31(38-33(29)25-10-12-30(37)32(21-25)44-15-7-14-40(2)3)34(41)39-36(45-35(42)43)26-17-22-16-23(19-26)20-27(36)18-22;/h5-6,8-13,21-23,26-27H,4,7,14-20H2,1-3H3,(H,39,41)(H,42,43);1H. The molecule has 4 aliphatic rings. The van der Waals surface area contributed by atoms with Gasteiger partial charge in [-0.15, -0.1) is 12.4 Å². The van der Waals surface area contributed by atoms with Crippen LogP contribution in [0.15, 0.2) is 54.6 Å². The lowest BCUT2D eigenvalue weighted by atomic mass is 9.52. The van der Waals surface area contributed by atoms with Gasteiger partial charge in [0.1, 0.15) is 11.4 Å². The van der Waals surface area contributed by atoms with E-state index in [0.717, 1.165) is 67.3 Å². The Labute approximate surface area is 282 Å². The van der Waals surface area contributed by atoms with Crippen molar-refractivity contribution < 1.29 is 24.2 Å². The van der Waals surface area contributed by atoms with Gasteiger partial charge in [-0.05, 0) is 106 Å². The molecule has 46 heavy (non-hydrogen) atoms. The Bertz CT molecular complexity index is 1550. The fourth-order valence-electron chi connectivity index (χ4n) is 8.11. The molecule has 0 spiro atoms. The lowest BCUT2D eigenvalue weighted by molar-refractivity contribution is -0.191. The van der Waals surface area contributed by atoms with Gasteiger partial charge in [-0.25, -0.2) is 9.78 Å². The first kappa shape index (κ1) is 34.0. The number of ether oxygens (including phenoxy) is 2. The molecule has 4 fully saturated rings. The van der Waals surface area contributed by atoms with E-state index in [4.69, 9.17) is 26.1 Å². The summed E-state index contributed by atoms with van der Waals surface area (Å²) < 4.78 is 11.7. The summed E-state index contributed by atoms with van der Waals surface area (Å²) in [5.41, 5.74) is 3.43. The van der Waals surface area contributed by atoms with Crippen LogP contribution in [0.2, 0.25) is 5.02 Å². The highest BCUT2D eigenvalue weighted by Gasteiger charge is 2.60. The van der Waals surface area contributed by atoms with Gasteiger partial charge in [0, 0.05) is 29.5 Å². The highest BCUT2D eigenvalue weighted by Crippen LogP contribution is 2.58. The maximum absolute atomic E-state index is 14.0. The van der Waals surface area contributed by atoms with Crippen molar-refractivity contribution in [3.8, 4) is 28.1 Å². The van der Waals surface area contributed by atoms with Crippen molar-refractivity contribution in [2.75, 3.05) is 27.2 Å². The van der Waals surface area contributed by atoms with Crippen LogP contribution in [-0.2, 0) is 11.2 Å². The molecule has 0 radical (unpaired) electrons. The number of aromatic nitrogens is 1. The van der Waals surface area contributed by atoms with Gasteiger partial charge in [0.15, 0.2) is 5.72 Å². The van der Waals surface area contributed by atoms with Crippen molar-refractivity contribution in [1.82, 2.24) is 15.2 Å². The number of hydrogen-bond acceptors (Lipinski definition) is 6. The van der Waals surface area contributed by atoms with Gasteiger partial charge < -0.3 is 24.8 Å². The van der Waals surface area contributed by atoms with Crippen LogP contribution in [0, 0.1) is 23.7 Å². The molecule has 0 atom stereocenters. The minimum atomic E-state index is -1.36. The van der Waals surface area contributed by atoms with Crippen LogP contribution in [0.4, 0.5) is 4.79 Å². The van der Waals surface area contributed by atoms with E-state index in [2.05, 4.69) is 29.3 Å². The number of halogens is 2. The molecule has 0 saturated heterocycles. The number of nitrogens with one attached hydrogen (secondary N) is 1. The molecule has 2 aromatic carbocycles. The van der Waals surface area contributed by atoms with E-state index in [-0.39, 0.29) is 29.9 Å². The first-order valence-corrected chi connectivity index (χ1v) is 16.5. The first-order chi connectivity index (χ1) is 21.7. The molecule has 1 aromatic heterocycles. The monoisotopic (exact) mass is 667 g/mol. The van der Waals surface area contributed by atoms with Crippen molar-refractivity contribution in [2.45, 2.75) is 57.6 Å². The van der Waals surface area contributed by atoms with E-state index in [1.807, 2.05) is 44.4 Å². The fourth-order valence-corrected chi connectivity index (χ4v) is 8.28. The Kier molecular flexibility index (Phi) is 10.5. The number of amides is 1. The Morgan fingerprint density at radius 2 is 1.70 bits per heavy atom. The number of nitrogens with zero attached hydrogens (tertiary/aromatic N) is 2. The minimum absolute atomic E-state index is 0. The molecule has 10 heteroatoms. The van der Waals surface area contributed by atoms with E-state index >= 15 is 0 Å². The Morgan fingerprint density at radius 1 is 1.00 bits per heavy atom. The van der Waals surface area contributed by atoms with Crippen LogP contribution in [-0.4, -0.2) is 60.0 Å². The predicted octanol–water partition coefficient (Wildman–Crippen LogP) is 7.96. The van der Waals surface area contributed by atoms with Gasteiger partial charge in [0.2, 0.25) is 0 Å². The van der Waals surface area contributed by atoms with Crippen LogP contribution in [0.25, 0.3) is 22.4 Å². The van der Waals surface area contributed by atoms with Crippen molar-refractivity contribution in [3.05, 3.63) is 70.9 Å². The second-order valence-electron chi connectivity index (χ2n) is 13.2. The highest BCUT2D eigenvalue weighted by atomic mass is 35.5. The average Bonchev–Trinajstić information content (AvgIpc) is 3.01. The zero-order chi connectivity index (χ0) is 31.7. The molecule has 1 amide bonds. The maximum atomic E-state index is 14.0. The number of benzene rings is 2. The molecular weight excluding hydrogens is 625 g/mol. The van der Waals surface area contributed by atoms with Crippen molar-refractivity contribution >= 4 is 36.1 Å². The molecule has 4 aliphatic carbocycles. The summed E-state index contributed by atoms with van der Waals surface area (Å²) in [6, 6.07) is 17.4. The molecule has 3 aromatic rings. The van der Waals surface area contributed by atoms with Crippen molar-refractivity contribution in [1.29, 1.82) is 0 Å². The maximum Gasteiger partial charge on any atom is 0.507 e. The summed E-state index contributed by atoms with van der Waals surface area (Å²) >= 11 is 6.55. The minimum Gasteiger partial charge on any atom is -0.492 e. The van der Waals surface area contributed by atoms with Gasteiger partial charge in [-0.2, -0.15) is 0 Å². The van der Waals surface area contributed by atoms with Crippen LogP contribution in [0.5, 0.6) is 5.75 Å². The molecule has 1 heterocycles. The van der Waals surface area contributed by atoms with Gasteiger partial charge in [0.05, 0.1) is 17.3 Å². The normalized spacial score (nSPS) is 24.4. The lowest BCUT2D eigenvalue weighted by Gasteiger charge is -2.59. The van der Waals surface area contributed by atoms with Gasteiger partial charge in [-0.3, -0.25) is 4.79 Å². The topological polar surface area (TPSA) is 101 Å². The highest BCUT2D eigenvalue weighted by molar-refractivity contribution is 6.32.